The maximum Gasteiger partial charge on any atom is 0.284 e. The molecule has 11 nitrogen and oxygen atoms in total. The maximum absolute atomic E-state index is 12.9. The number of hydrogen-bond acceptors (Lipinski definition) is 9. The van der Waals surface area contributed by atoms with E-state index in [4.69, 9.17) is 15.3 Å². The maximum atomic E-state index is 12.9. The fourth-order valence-corrected chi connectivity index (χ4v) is 3.86. The van der Waals surface area contributed by atoms with Crippen molar-refractivity contribution in [2.24, 2.45) is 5.92 Å². The van der Waals surface area contributed by atoms with Gasteiger partial charge in [0, 0.05) is 24.4 Å². The molecule has 0 radical (unpaired) electrons. The van der Waals surface area contributed by atoms with Crippen LogP contribution >= 0.6 is 0 Å². The molecular weight excluding hydrogens is 440 g/mol. The minimum Gasteiger partial charge on any atom is -0.474 e. The molecule has 1 aromatic heterocycles. The van der Waals surface area contributed by atoms with E-state index in [0.29, 0.717) is 36.9 Å². The number of hydroxylamine groups is 1. The molecule has 2 atom stereocenters. The summed E-state index contributed by atoms with van der Waals surface area (Å²) in [7, 11) is 0. The summed E-state index contributed by atoms with van der Waals surface area (Å²) >= 11 is 0. The van der Waals surface area contributed by atoms with Gasteiger partial charge in [-0.2, -0.15) is 10.2 Å². The van der Waals surface area contributed by atoms with Gasteiger partial charge in [-0.15, -0.1) is 0 Å². The molecule has 2 fully saturated rings. The van der Waals surface area contributed by atoms with E-state index in [2.05, 4.69) is 26.8 Å². The van der Waals surface area contributed by atoms with E-state index in [1.54, 1.807) is 31.2 Å². The number of carbonyl (C=O) groups is 2. The first-order valence-corrected chi connectivity index (χ1v) is 11.0. The Kier molecular flexibility index (Phi) is 6.63. The number of nitriles is 1. The van der Waals surface area contributed by atoms with E-state index in [0.717, 1.165) is 6.42 Å². The molecule has 0 spiro atoms. The lowest BCUT2D eigenvalue weighted by molar-refractivity contribution is -0.119. The third-order valence-electron chi connectivity index (χ3n) is 6.14. The van der Waals surface area contributed by atoms with Crippen LogP contribution in [0, 0.1) is 17.2 Å². The van der Waals surface area contributed by atoms with E-state index < -0.39 is 17.6 Å². The van der Waals surface area contributed by atoms with Gasteiger partial charge in [-0.3, -0.25) is 14.4 Å². The number of aliphatic hydroxyl groups is 1. The van der Waals surface area contributed by atoms with Crippen LogP contribution < -0.4 is 21.3 Å². The third kappa shape index (κ3) is 5.08. The molecule has 178 valence electrons. The Morgan fingerprint density at radius 1 is 1.44 bits per heavy atom. The topological polar surface area (TPSA) is 172 Å². The van der Waals surface area contributed by atoms with Crippen molar-refractivity contribution in [3.05, 3.63) is 35.4 Å². The van der Waals surface area contributed by atoms with E-state index in [1.807, 2.05) is 0 Å². The highest BCUT2D eigenvalue weighted by atomic mass is 16.7. The molecule has 2 amide bonds. The Bertz CT molecular complexity index is 1140. The van der Waals surface area contributed by atoms with E-state index >= 15 is 0 Å². The lowest BCUT2D eigenvalue weighted by Gasteiger charge is -2.35. The zero-order chi connectivity index (χ0) is 24.3. The van der Waals surface area contributed by atoms with Gasteiger partial charge in [0.2, 0.25) is 11.8 Å². The molecule has 4 rings (SSSR count). The third-order valence-corrected chi connectivity index (χ3v) is 6.14. The number of ether oxygens (including phenoxy) is 1. The first-order chi connectivity index (χ1) is 16.3. The van der Waals surface area contributed by atoms with Crippen molar-refractivity contribution < 1.29 is 24.3 Å². The standard InChI is InChI=1S/C23H26N6O5/c1-13(16-9-17(30)26-11-16)34-22-18(21(31)29-33-12-23(32)6-3-7-23)19(25)27-20(28-22)15-5-2-4-14(8-15)10-24/h2,4-5,8,13,16,32H,3,6-7,9,11-12H2,1H3,(H,26,30)(H,29,31)(H2,25,27,28)/t13?,16-/m1/s1. The van der Waals surface area contributed by atoms with Gasteiger partial charge in [-0.1, -0.05) is 12.1 Å². The summed E-state index contributed by atoms with van der Waals surface area (Å²) in [5, 5.41) is 22.1. The minimum absolute atomic E-state index is 0.0546. The Hall–Kier alpha value is -3.75. The van der Waals surface area contributed by atoms with Crippen molar-refractivity contribution in [1.82, 2.24) is 20.8 Å². The van der Waals surface area contributed by atoms with Crippen LogP contribution in [-0.4, -0.2) is 51.7 Å². The molecule has 0 bridgehead atoms. The Labute approximate surface area is 196 Å². The molecular formula is C23H26N6O5. The molecule has 2 aliphatic rings. The van der Waals surface area contributed by atoms with Crippen molar-refractivity contribution in [2.45, 2.75) is 44.3 Å². The van der Waals surface area contributed by atoms with E-state index in [-0.39, 0.29) is 41.5 Å². The number of hydrogen-bond donors (Lipinski definition) is 4. The number of nitrogens with two attached hydrogens (primary N) is 1. The summed E-state index contributed by atoms with van der Waals surface area (Å²) in [6.07, 6.45) is 1.93. The highest BCUT2D eigenvalue weighted by Gasteiger charge is 2.35. The van der Waals surface area contributed by atoms with Crippen molar-refractivity contribution >= 4 is 17.6 Å². The first-order valence-electron chi connectivity index (χ1n) is 11.0. The van der Waals surface area contributed by atoms with Gasteiger partial charge in [0.05, 0.1) is 17.2 Å². The lowest BCUT2D eigenvalue weighted by atomic mass is 9.81. The first kappa shape index (κ1) is 23.4. The van der Waals surface area contributed by atoms with E-state index in [1.165, 1.54) is 0 Å². The second-order valence-corrected chi connectivity index (χ2v) is 8.69. The van der Waals surface area contributed by atoms with Gasteiger partial charge in [-0.25, -0.2) is 10.5 Å². The summed E-state index contributed by atoms with van der Waals surface area (Å²) in [5.74, 6) is -0.941. The molecule has 1 unspecified atom stereocenters. The zero-order valence-electron chi connectivity index (χ0n) is 18.7. The summed E-state index contributed by atoms with van der Waals surface area (Å²) in [5.41, 5.74) is 8.30. The smallest absolute Gasteiger partial charge is 0.284 e. The fraction of sp³-hybridized carbons (Fsp3) is 0.435. The van der Waals surface area contributed by atoms with Crippen molar-refractivity contribution in [1.29, 1.82) is 5.26 Å². The Balaban J connectivity index is 1.62. The largest absolute Gasteiger partial charge is 0.474 e. The van der Waals surface area contributed by atoms with Crippen LogP contribution in [0.3, 0.4) is 0 Å². The van der Waals surface area contributed by atoms with Crippen molar-refractivity contribution in [3.8, 4) is 23.3 Å². The fourth-order valence-electron chi connectivity index (χ4n) is 3.86. The number of aromatic nitrogens is 2. The van der Waals surface area contributed by atoms with Gasteiger partial charge in [0.25, 0.3) is 5.91 Å². The van der Waals surface area contributed by atoms with Crippen molar-refractivity contribution in [3.63, 3.8) is 0 Å². The van der Waals surface area contributed by atoms with Crippen LogP contribution in [0.1, 0.15) is 48.5 Å². The summed E-state index contributed by atoms with van der Waals surface area (Å²) < 4.78 is 6.02. The van der Waals surface area contributed by atoms with Gasteiger partial charge in [-0.05, 0) is 38.3 Å². The zero-order valence-corrected chi connectivity index (χ0v) is 18.7. The summed E-state index contributed by atoms with van der Waals surface area (Å²) in [6, 6.07) is 8.70. The van der Waals surface area contributed by atoms with Crippen LogP contribution in [0.4, 0.5) is 5.82 Å². The molecule has 1 aliphatic heterocycles. The van der Waals surface area contributed by atoms with Gasteiger partial charge < -0.3 is 20.9 Å². The number of nitrogen functional groups attached to an aromatic ring is 1. The Morgan fingerprint density at radius 3 is 2.88 bits per heavy atom. The van der Waals surface area contributed by atoms with Crippen LogP contribution in [0.15, 0.2) is 24.3 Å². The number of amides is 2. The number of rotatable bonds is 8. The highest BCUT2D eigenvalue weighted by molar-refractivity contribution is 6.00. The molecule has 2 aromatic rings. The van der Waals surface area contributed by atoms with Crippen LogP contribution in [-0.2, 0) is 9.63 Å². The summed E-state index contributed by atoms with van der Waals surface area (Å²) in [6.45, 7) is 2.17. The average Bonchev–Trinajstić information content (AvgIpc) is 3.24. The quantitative estimate of drug-likeness (QED) is 0.415. The molecule has 1 aromatic carbocycles. The summed E-state index contributed by atoms with van der Waals surface area (Å²) in [4.78, 5) is 38.4. The molecule has 11 heteroatoms. The Morgan fingerprint density at radius 2 is 2.24 bits per heavy atom. The molecule has 34 heavy (non-hydrogen) atoms. The average molecular weight is 466 g/mol. The van der Waals surface area contributed by atoms with Gasteiger partial charge in [0.1, 0.15) is 24.1 Å². The second kappa shape index (κ2) is 9.62. The number of nitrogens with one attached hydrogen (secondary N) is 2. The molecule has 1 aliphatic carbocycles. The predicted octanol–water partition coefficient (Wildman–Crippen LogP) is 1.08. The van der Waals surface area contributed by atoms with Crippen LogP contribution in [0.25, 0.3) is 11.4 Å². The van der Waals surface area contributed by atoms with Crippen LogP contribution in [0.2, 0.25) is 0 Å². The predicted molar refractivity (Wildman–Crippen MR) is 120 cm³/mol. The number of nitrogens with zero attached hydrogens (tertiary/aromatic N) is 3. The molecule has 1 saturated heterocycles. The van der Waals surface area contributed by atoms with Crippen LogP contribution in [0.5, 0.6) is 5.88 Å². The molecule has 5 N–H and O–H groups in total. The SMILES string of the molecule is CC(Oc1nc(-c2cccc(C#N)c2)nc(N)c1C(=O)NOCC1(O)CCC1)[C@H]1CNC(=O)C1. The second-order valence-electron chi connectivity index (χ2n) is 8.69. The van der Waals surface area contributed by atoms with E-state index in [9.17, 15) is 20.0 Å². The number of anilines is 1. The highest BCUT2D eigenvalue weighted by Crippen LogP contribution is 2.32. The van der Waals surface area contributed by atoms with Gasteiger partial charge >= 0.3 is 0 Å². The molecule has 1 saturated carbocycles. The lowest BCUT2D eigenvalue weighted by Crippen LogP contribution is -2.44. The van der Waals surface area contributed by atoms with Gasteiger partial charge in [0.15, 0.2) is 5.82 Å². The minimum atomic E-state index is -0.944. The molecule has 2 heterocycles. The normalized spacial score (nSPS) is 19.4. The number of benzene rings is 1. The van der Waals surface area contributed by atoms with Crippen molar-refractivity contribution in [2.75, 3.05) is 18.9 Å². The number of carbonyl (C=O) groups excluding carboxylic acids is 2. The monoisotopic (exact) mass is 466 g/mol.